The maximum Gasteiger partial charge on any atom is 0.312 e. The largest absolute Gasteiger partial charge is 0.471 e. The Bertz CT molecular complexity index is 1490. The number of halogens is 1. The molecule has 0 unspecified atom stereocenters. The predicted molar refractivity (Wildman–Crippen MR) is 126 cm³/mol. The fourth-order valence-corrected chi connectivity index (χ4v) is 3.68. The van der Waals surface area contributed by atoms with Gasteiger partial charge >= 0.3 is 5.69 Å². The van der Waals surface area contributed by atoms with Crippen molar-refractivity contribution >= 4 is 38.7 Å². The van der Waals surface area contributed by atoms with Gasteiger partial charge in [0.25, 0.3) is 5.56 Å². The van der Waals surface area contributed by atoms with Gasteiger partial charge in [0.15, 0.2) is 12.4 Å². The molecule has 10 heteroatoms. The molecule has 0 atom stereocenters. The molecule has 0 bridgehead atoms. The van der Waals surface area contributed by atoms with E-state index in [0.717, 1.165) is 4.68 Å². The summed E-state index contributed by atoms with van der Waals surface area (Å²) in [7, 11) is 0. The Hall–Kier alpha value is -4.36. The number of nitro benzene ring substituents is 1. The van der Waals surface area contributed by atoms with Gasteiger partial charge in [-0.15, -0.1) is 0 Å². The Morgan fingerprint density at radius 1 is 1.18 bits per heavy atom. The Labute approximate surface area is 195 Å². The number of nitrogens with zero attached hydrogens (tertiary/aromatic N) is 5. The molecule has 0 N–H and O–H groups in total. The first-order valence-corrected chi connectivity index (χ1v) is 10.4. The number of nitro groups is 1. The van der Waals surface area contributed by atoms with Crippen LogP contribution in [0.1, 0.15) is 5.56 Å². The first kappa shape index (κ1) is 21.9. The number of ether oxygens (including phenoxy) is 1. The van der Waals surface area contributed by atoms with Crippen molar-refractivity contribution in [2.24, 2.45) is 5.10 Å². The summed E-state index contributed by atoms with van der Waals surface area (Å²) in [5, 5.41) is 25.1. The molecule has 1 aromatic heterocycles. The second-order valence-electron chi connectivity index (χ2n) is 6.73. The number of nitriles is 1. The van der Waals surface area contributed by atoms with Crippen molar-refractivity contribution in [2.75, 3.05) is 6.61 Å². The number of benzene rings is 3. The second-order valence-corrected chi connectivity index (χ2v) is 7.64. The number of para-hydroxylation sites is 1. The van der Waals surface area contributed by atoms with Gasteiger partial charge < -0.3 is 4.74 Å². The van der Waals surface area contributed by atoms with Crippen LogP contribution in [0.3, 0.4) is 0 Å². The van der Waals surface area contributed by atoms with E-state index < -0.39 is 17.1 Å². The van der Waals surface area contributed by atoms with Gasteiger partial charge in [-0.05, 0) is 18.2 Å². The van der Waals surface area contributed by atoms with Crippen LogP contribution in [0, 0.1) is 21.4 Å². The fourth-order valence-electron chi connectivity index (χ4n) is 3.22. The zero-order valence-electron chi connectivity index (χ0n) is 16.9. The van der Waals surface area contributed by atoms with Crippen LogP contribution >= 0.6 is 15.9 Å². The highest BCUT2D eigenvalue weighted by atomic mass is 79.9. The van der Waals surface area contributed by atoms with E-state index in [1.54, 1.807) is 48.5 Å². The number of rotatable bonds is 6. The average Bonchev–Trinajstić information content (AvgIpc) is 2.82. The molecule has 0 saturated heterocycles. The van der Waals surface area contributed by atoms with E-state index in [2.05, 4.69) is 26.0 Å². The molecule has 0 saturated carbocycles. The van der Waals surface area contributed by atoms with E-state index >= 15 is 0 Å². The lowest BCUT2D eigenvalue weighted by atomic mass is 10.2. The molecule has 0 spiro atoms. The van der Waals surface area contributed by atoms with Crippen LogP contribution in [0.4, 0.5) is 5.69 Å². The summed E-state index contributed by atoms with van der Waals surface area (Å²) in [5.41, 5.74) is 0.654. The zero-order chi connectivity index (χ0) is 23.4. The van der Waals surface area contributed by atoms with Crippen molar-refractivity contribution < 1.29 is 9.66 Å². The van der Waals surface area contributed by atoms with E-state index in [1.165, 1.54) is 12.3 Å². The molecule has 33 heavy (non-hydrogen) atoms. The highest BCUT2D eigenvalue weighted by Gasteiger charge is 2.21. The first-order chi connectivity index (χ1) is 16.0. The van der Waals surface area contributed by atoms with Crippen molar-refractivity contribution in [2.45, 2.75) is 0 Å². The Morgan fingerprint density at radius 3 is 2.64 bits per heavy atom. The Kier molecular flexibility index (Phi) is 6.24. The molecule has 0 aliphatic heterocycles. The topological polar surface area (TPSA) is 123 Å². The highest BCUT2D eigenvalue weighted by molar-refractivity contribution is 9.10. The van der Waals surface area contributed by atoms with Crippen LogP contribution in [0.25, 0.3) is 22.3 Å². The van der Waals surface area contributed by atoms with Gasteiger partial charge in [-0.3, -0.25) is 14.9 Å². The first-order valence-electron chi connectivity index (χ1n) is 9.59. The van der Waals surface area contributed by atoms with E-state index in [9.17, 15) is 14.9 Å². The minimum atomic E-state index is -0.617. The molecule has 0 radical (unpaired) electrons. The van der Waals surface area contributed by atoms with Gasteiger partial charge in [-0.25, -0.2) is 4.98 Å². The van der Waals surface area contributed by atoms with Crippen molar-refractivity contribution in [1.29, 1.82) is 5.26 Å². The van der Waals surface area contributed by atoms with Crippen molar-refractivity contribution in [3.63, 3.8) is 0 Å². The normalized spacial score (nSPS) is 10.9. The monoisotopic (exact) mass is 503 g/mol. The minimum absolute atomic E-state index is 0.128. The third kappa shape index (κ3) is 4.49. The molecule has 0 aliphatic carbocycles. The lowest BCUT2D eigenvalue weighted by molar-refractivity contribution is -0.385. The summed E-state index contributed by atoms with van der Waals surface area (Å²) >= 11 is 3.24. The summed E-state index contributed by atoms with van der Waals surface area (Å²) < 4.78 is 6.87. The van der Waals surface area contributed by atoms with Crippen LogP contribution < -0.4 is 10.3 Å². The predicted octanol–water partition coefficient (Wildman–Crippen LogP) is 4.52. The van der Waals surface area contributed by atoms with Gasteiger partial charge in [-0.1, -0.05) is 58.4 Å². The molecule has 4 rings (SSSR count). The fraction of sp³-hybridized carbons (Fsp3) is 0.0435. The molecule has 4 aromatic rings. The van der Waals surface area contributed by atoms with Crippen LogP contribution in [-0.4, -0.2) is 27.4 Å². The maximum absolute atomic E-state index is 13.3. The lowest BCUT2D eigenvalue weighted by Gasteiger charge is -2.10. The van der Waals surface area contributed by atoms with Crippen LogP contribution in [0.5, 0.6) is 5.75 Å². The summed E-state index contributed by atoms with van der Waals surface area (Å²) in [6, 6.07) is 20.6. The third-order valence-corrected chi connectivity index (χ3v) is 5.10. The van der Waals surface area contributed by atoms with Crippen molar-refractivity contribution in [3.05, 3.63) is 97.2 Å². The molecule has 162 valence electrons. The number of aromatic nitrogens is 2. The highest BCUT2D eigenvalue weighted by Crippen LogP contribution is 2.34. The molecule has 0 amide bonds. The van der Waals surface area contributed by atoms with E-state index in [-0.39, 0.29) is 17.0 Å². The molecule has 1 heterocycles. The van der Waals surface area contributed by atoms with Crippen molar-refractivity contribution in [3.8, 4) is 23.2 Å². The summed E-state index contributed by atoms with van der Waals surface area (Å²) in [6.07, 6.45) is 1.27. The van der Waals surface area contributed by atoms with E-state index in [0.29, 0.717) is 26.8 Å². The second kappa shape index (κ2) is 9.42. The lowest BCUT2D eigenvalue weighted by Crippen LogP contribution is -2.20. The number of hydrogen-bond donors (Lipinski definition) is 0. The standard InChI is InChI=1S/C23H14BrN5O4/c24-17-12-16(21(33-11-10-25)20(13-17)29(31)32)14-26-28-22(15-6-2-1-3-7-15)27-19-9-5-4-8-18(19)23(28)30/h1-9,12-14H,11H2. The van der Waals surface area contributed by atoms with Gasteiger partial charge in [0.05, 0.1) is 22.0 Å². The van der Waals surface area contributed by atoms with Crippen LogP contribution in [0.15, 0.2) is 81.1 Å². The number of fused-ring (bicyclic) bond motifs is 1. The zero-order valence-corrected chi connectivity index (χ0v) is 18.5. The van der Waals surface area contributed by atoms with Crippen molar-refractivity contribution in [1.82, 2.24) is 9.66 Å². The summed E-state index contributed by atoms with van der Waals surface area (Å²) in [5.74, 6) is 0.177. The minimum Gasteiger partial charge on any atom is -0.471 e. The quantitative estimate of drug-likeness (QED) is 0.216. The molecular formula is C23H14BrN5O4. The number of hydrogen-bond acceptors (Lipinski definition) is 7. The molecular weight excluding hydrogens is 490 g/mol. The summed E-state index contributed by atoms with van der Waals surface area (Å²) in [6.45, 7) is -0.393. The van der Waals surface area contributed by atoms with Gasteiger partial charge in [-0.2, -0.15) is 15.0 Å². The third-order valence-electron chi connectivity index (χ3n) is 4.64. The Balaban J connectivity index is 1.94. The Morgan fingerprint density at radius 2 is 1.91 bits per heavy atom. The van der Waals surface area contributed by atoms with Gasteiger partial charge in [0, 0.05) is 21.7 Å². The van der Waals surface area contributed by atoms with E-state index in [1.807, 2.05) is 18.2 Å². The van der Waals surface area contributed by atoms with Gasteiger partial charge in [0.2, 0.25) is 5.75 Å². The summed E-state index contributed by atoms with van der Waals surface area (Å²) in [4.78, 5) is 28.8. The molecule has 0 aliphatic rings. The smallest absolute Gasteiger partial charge is 0.312 e. The average molecular weight is 504 g/mol. The van der Waals surface area contributed by atoms with Crippen LogP contribution in [0.2, 0.25) is 0 Å². The maximum atomic E-state index is 13.3. The van der Waals surface area contributed by atoms with Gasteiger partial charge in [0.1, 0.15) is 6.07 Å². The molecule has 9 nitrogen and oxygen atoms in total. The van der Waals surface area contributed by atoms with E-state index in [4.69, 9.17) is 10.00 Å². The molecule has 0 fully saturated rings. The van der Waals surface area contributed by atoms with Crippen LogP contribution in [-0.2, 0) is 0 Å². The molecule has 3 aromatic carbocycles. The SMILES string of the molecule is N#CCOc1c(C=Nn2c(-c3ccccc3)nc3ccccc3c2=O)cc(Br)cc1[N+](=O)[O-].